The van der Waals surface area contributed by atoms with E-state index in [1.165, 1.54) is 22.4 Å². The maximum atomic E-state index is 14.0. The summed E-state index contributed by atoms with van der Waals surface area (Å²) in [7, 11) is 3.01. The van der Waals surface area contributed by atoms with Gasteiger partial charge >= 0.3 is 11.7 Å². The molecule has 2 aromatic carbocycles. The van der Waals surface area contributed by atoms with Gasteiger partial charge in [0, 0.05) is 12.6 Å². The number of halogens is 1. The molecule has 3 rings (SSSR count). The van der Waals surface area contributed by atoms with Crippen molar-refractivity contribution < 1.29 is 9.13 Å². The summed E-state index contributed by atoms with van der Waals surface area (Å²) < 4.78 is 21.8. The van der Waals surface area contributed by atoms with Crippen LogP contribution in [0.3, 0.4) is 0 Å². The molecule has 0 fully saturated rings. The number of aromatic nitrogens is 3. The standard InChI is InChI=1S/C17H16FN3O2/c1-11-8-9-12(13-6-4-5-7-14(13)18)10-15(11)21-16(23-3)19-20(2)17(21)22/h4-10H,1-3H3. The fourth-order valence-electron chi connectivity index (χ4n) is 2.49. The average Bonchev–Trinajstić information content (AvgIpc) is 2.83. The van der Waals surface area contributed by atoms with E-state index in [0.717, 1.165) is 5.56 Å². The van der Waals surface area contributed by atoms with Crippen molar-refractivity contribution in [2.24, 2.45) is 7.05 Å². The van der Waals surface area contributed by atoms with Crippen LogP contribution in [0.1, 0.15) is 5.56 Å². The molecule has 0 saturated heterocycles. The molecular formula is C17H16FN3O2. The number of rotatable bonds is 3. The van der Waals surface area contributed by atoms with E-state index >= 15 is 0 Å². The predicted molar refractivity (Wildman–Crippen MR) is 85.5 cm³/mol. The molecule has 0 aliphatic heterocycles. The molecule has 0 aliphatic carbocycles. The minimum Gasteiger partial charge on any atom is -0.467 e. The van der Waals surface area contributed by atoms with Gasteiger partial charge < -0.3 is 4.74 Å². The van der Waals surface area contributed by atoms with Crippen molar-refractivity contribution in [2.75, 3.05) is 7.11 Å². The van der Waals surface area contributed by atoms with Gasteiger partial charge in [0.2, 0.25) is 0 Å². The highest BCUT2D eigenvalue weighted by atomic mass is 19.1. The monoisotopic (exact) mass is 313 g/mol. The van der Waals surface area contributed by atoms with Gasteiger partial charge in [0.25, 0.3) is 0 Å². The number of aryl methyl sites for hydroxylation is 2. The van der Waals surface area contributed by atoms with Gasteiger partial charge in [-0.2, -0.15) is 0 Å². The number of benzene rings is 2. The Morgan fingerprint density at radius 2 is 1.91 bits per heavy atom. The van der Waals surface area contributed by atoms with Crippen LogP contribution in [-0.2, 0) is 7.05 Å². The smallest absolute Gasteiger partial charge is 0.353 e. The van der Waals surface area contributed by atoms with Crippen LogP contribution in [0.25, 0.3) is 16.8 Å². The largest absolute Gasteiger partial charge is 0.467 e. The SMILES string of the molecule is COc1nn(C)c(=O)n1-c1cc(-c2ccccc2F)ccc1C. The first-order chi connectivity index (χ1) is 11.0. The fraction of sp³-hybridized carbons (Fsp3) is 0.176. The molecule has 0 saturated carbocycles. The molecule has 0 amide bonds. The predicted octanol–water partition coefficient (Wildman–Crippen LogP) is 2.69. The zero-order valence-electron chi connectivity index (χ0n) is 13.1. The summed E-state index contributed by atoms with van der Waals surface area (Å²) in [5.74, 6) is -0.312. The van der Waals surface area contributed by atoms with Gasteiger partial charge in [-0.25, -0.2) is 18.4 Å². The molecule has 0 aliphatic rings. The molecule has 118 valence electrons. The fourth-order valence-corrected chi connectivity index (χ4v) is 2.49. The van der Waals surface area contributed by atoms with E-state index in [9.17, 15) is 9.18 Å². The van der Waals surface area contributed by atoms with Crippen molar-refractivity contribution in [1.29, 1.82) is 0 Å². The molecule has 0 spiro atoms. The van der Waals surface area contributed by atoms with Gasteiger partial charge in [-0.15, -0.1) is 5.10 Å². The molecule has 0 bridgehead atoms. The highest BCUT2D eigenvalue weighted by Gasteiger charge is 2.16. The van der Waals surface area contributed by atoms with Gasteiger partial charge in [-0.3, -0.25) is 0 Å². The van der Waals surface area contributed by atoms with Crippen LogP contribution in [0.2, 0.25) is 0 Å². The van der Waals surface area contributed by atoms with Crippen LogP contribution in [-0.4, -0.2) is 21.5 Å². The summed E-state index contributed by atoms with van der Waals surface area (Å²) in [5.41, 5.74) is 2.31. The third-order valence-electron chi connectivity index (χ3n) is 3.71. The second-order valence-corrected chi connectivity index (χ2v) is 5.21. The van der Waals surface area contributed by atoms with E-state index in [2.05, 4.69) is 5.10 Å². The Labute approximate surface area is 132 Å². The Morgan fingerprint density at radius 3 is 2.61 bits per heavy atom. The maximum absolute atomic E-state index is 14.0. The average molecular weight is 313 g/mol. The molecule has 1 heterocycles. The molecule has 3 aromatic rings. The Morgan fingerprint density at radius 1 is 1.17 bits per heavy atom. The molecular weight excluding hydrogens is 297 g/mol. The van der Waals surface area contributed by atoms with Gasteiger partial charge in [0.05, 0.1) is 12.8 Å². The Bertz CT molecular complexity index is 928. The lowest BCUT2D eigenvalue weighted by Crippen LogP contribution is -2.22. The lowest BCUT2D eigenvalue weighted by atomic mass is 10.0. The van der Waals surface area contributed by atoms with Crippen LogP contribution in [0, 0.1) is 12.7 Å². The third-order valence-corrected chi connectivity index (χ3v) is 3.71. The molecule has 6 heteroatoms. The maximum Gasteiger partial charge on any atom is 0.353 e. The van der Waals surface area contributed by atoms with Crippen LogP contribution in [0.15, 0.2) is 47.3 Å². The quantitative estimate of drug-likeness (QED) is 0.747. The minimum atomic E-state index is -0.323. The number of hydrogen-bond acceptors (Lipinski definition) is 3. The van der Waals surface area contributed by atoms with Gasteiger partial charge in [0.1, 0.15) is 5.82 Å². The third kappa shape index (κ3) is 2.52. The molecule has 23 heavy (non-hydrogen) atoms. The molecule has 0 N–H and O–H groups in total. The first-order valence-electron chi connectivity index (χ1n) is 7.09. The first-order valence-corrected chi connectivity index (χ1v) is 7.09. The molecule has 0 atom stereocenters. The van der Waals surface area contributed by atoms with E-state index in [-0.39, 0.29) is 17.5 Å². The summed E-state index contributed by atoms with van der Waals surface area (Å²) in [4.78, 5) is 12.3. The Kier molecular flexibility index (Phi) is 3.73. The van der Waals surface area contributed by atoms with Crippen molar-refractivity contribution in [3.8, 4) is 22.8 Å². The Hall–Kier alpha value is -2.89. The van der Waals surface area contributed by atoms with Gasteiger partial charge in [-0.05, 0) is 30.2 Å². The zero-order valence-corrected chi connectivity index (χ0v) is 13.1. The van der Waals surface area contributed by atoms with Crippen molar-refractivity contribution in [3.63, 3.8) is 0 Å². The molecule has 0 radical (unpaired) electrons. The molecule has 0 unspecified atom stereocenters. The summed E-state index contributed by atoms with van der Waals surface area (Å²) in [6.45, 7) is 1.87. The van der Waals surface area contributed by atoms with Crippen LogP contribution in [0.4, 0.5) is 4.39 Å². The summed E-state index contributed by atoms with van der Waals surface area (Å²) in [5, 5.41) is 4.04. The number of hydrogen-bond donors (Lipinski definition) is 0. The van der Waals surface area contributed by atoms with E-state index in [4.69, 9.17) is 4.74 Å². The van der Waals surface area contributed by atoms with Crippen molar-refractivity contribution >= 4 is 0 Å². The van der Waals surface area contributed by atoms with Crippen molar-refractivity contribution in [1.82, 2.24) is 14.3 Å². The Balaban J connectivity index is 2.24. The minimum absolute atomic E-state index is 0.186. The second kappa shape index (κ2) is 5.72. The second-order valence-electron chi connectivity index (χ2n) is 5.21. The van der Waals surface area contributed by atoms with Crippen LogP contribution in [0.5, 0.6) is 6.01 Å². The lowest BCUT2D eigenvalue weighted by Gasteiger charge is -2.11. The van der Waals surface area contributed by atoms with E-state index < -0.39 is 0 Å². The van der Waals surface area contributed by atoms with Crippen molar-refractivity contribution in [3.05, 3.63) is 64.3 Å². The van der Waals surface area contributed by atoms with E-state index in [0.29, 0.717) is 16.8 Å². The molecule has 1 aromatic heterocycles. The van der Waals surface area contributed by atoms with Crippen LogP contribution >= 0.6 is 0 Å². The summed E-state index contributed by atoms with van der Waals surface area (Å²) >= 11 is 0. The number of methoxy groups -OCH3 is 1. The van der Waals surface area contributed by atoms with Crippen LogP contribution < -0.4 is 10.4 Å². The topological polar surface area (TPSA) is 49.1 Å². The van der Waals surface area contributed by atoms with E-state index in [1.807, 2.05) is 19.1 Å². The van der Waals surface area contributed by atoms with Gasteiger partial charge in [-0.1, -0.05) is 30.3 Å². The number of nitrogens with zero attached hydrogens (tertiary/aromatic N) is 3. The lowest BCUT2D eigenvalue weighted by molar-refractivity contribution is 0.368. The highest BCUT2D eigenvalue weighted by Crippen LogP contribution is 2.27. The highest BCUT2D eigenvalue weighted by molar-refractivity contribution is 5.68. The van der Waals surface area contributed by atoms with Crippen molar-refractivity contribution in [2.45, 2.75) is 6.92 Å². The normalized spacial score (nSPS) is 10.8. The van der Waals surface area contributed by atoms with Gasteiger partial charge in [0.15, 0.2) is 0 Å². The number of ether oxygens (including phenoxy) is 1. The first kappa shape index (κ1) is 15.0. The summed E-state index contributed by atoms with van der Waals surface area (Å²) in [6.07, 6.45) is 0. The summed E-state index contributed by atoms with van der Waals surface area (Å²) in [6, 6.07) is 12.1. The van der Waals surface area contributed by atoms with E-state index in [1.54, 1.807) is 31.3 Å². The zero-order chi connectivity index (χ0) is 16.6. The molecule has 5 nitrogen and oxygen atoms in total.